The van der Waals surface area contributed by atoms with Crippen molar-refractivity contribution < 1.29 is 0 Å². The molecule has 0 bridgehead atoms. The van der Waals surface area contributed by atoms with E-state index in [0.717, 1.165) is 25.4 Å². The van der Waals surface area contributed by atoms with Crippen LogP contribution >= 0.6 is 0 Å². The zero-order valence-corrected chi connectivity index (χ0v) is 9.24. The second kappa shape index (κ2) is 3.59. The molecular weight excluding hydrogens is 188 g/mol. The number of aromatic nitrogens is 3. The van der Waals surface area contributed by atoms with Crippen LogP contribution in [0.25, 0.3) is 0 Å². The second-order valence-electron chi connectivity index (χ2n) is 4.87. The number of nitrogens with one attached hydrogen (secondary N) is 1. The van der Waals surface area contributed by atoms with Crippen LogP contribution in [-0.4, -0.2) is 21.3 Å². The van der Waals surface area contributed by atoms with Gasteiger partial charge in [0, 0.05) is 13.0 Å². The molecule has 3 heterocycles. The van der Waals surface area contributed by atoms with Crippen LogP contribution in [0.4, 0.5) is 0 Å². The minimum absolute atomic E-state index is 0.438. The van der Waals surface area contributed by atoms with E-state index in [1.807, 2.05) is 0 Å². The van der Waals surface area contributed by atoms with Crippen LogP contribution in [0.15, 0.2) is 0 Å². The number of aryl methyl sites for hydroxylation is 1. The first-order valence-corrected chi connectivity index (χ1v) is 6.00. The summed E-state index contributed by atoms with van der Waals surface area (Å²) in [5.74, 6) is 3.17. The van der Waals surface area contributed by atoms with Crippen LogP contribution in [-0.2, 0) is 13.0 Å². The number of nitrogens with zero attached hydrogens (tertiary/aromatic N) is 3. The molecule has 0 radical (unpaired) electrons. The van der Waals surface area contributed by atoms with E-state index in [-0.39, 0.29) is 0 Å². The van der Waals surface area contributed by atoms with Gasteiger partial charge in [0.1, 0.15) is 11.6 Å². The topological polar surface area (TPSA) is 42.7 Å². The molecular formula is C11H18N4. The van der Waals surface area contributed by atoms with Crippen molar-refractivity contribution in [2.75, 3.05) is 6.54 Å². The smallest absolute Gasteiger partial charge is 0.150 e. The Kier molecular flexibility index (Phi) is 2.24. The number of rotatable bonds is 1. The Bertz CT molecular complexity index is 357. The number of fused-ring (bicyclic) bond motifs is 1. The third-order valence-electron chi connectivity index (χ3n) is 3.62. The SMILES string of the molecule is CC1CCNC(c2nnc3n2CCC3)C1. The Labute approximate surface area is 90.1 Å². The molecule has 4 nitrogen and oxygen atoms in total. The first-order chi connectivity index (χ1) is 7.34. The van der Waals surface area contributed by atoms with E-state index in [9.17, 15) is 0 Å². The number of piperidine rings is 1. The fraction of sp³-hybridized carbons (Fsp3) is 0.818. The van der Waals surface area contributed by atoms with Gasteiger partial charge in [-0.1, -0.05) is 6.92 Å². The standard InChI is InChI=1S/C11H18N4/c1-8-4-5-12-9(7-8)11-14-13-10-3-2-6-15(10)11/h8-9,12H,2-7H2,1H3. The zero-order chi connectivity index (χ0) is 10.3. The molecule has 82 valence electrons. The van der Waals surface area contributed by atoms with Gasteiger partial charge in [0.2, 0.25) is 0 Å². The van der Waals surface area contributed by atoms with Crippen molar-refractivity contribution in [1.82, 2.24) is 20.1 Å². The molecule has 2 aliphatic heterocycles. The number of hydrogen-bond donors (Lipinski definition) is 1. The van der Waals surface area contributed by atoms with Crippen LogP contribution in [0.1, 0.15) is 43.9 Å². The minimum atomic E-state index is 0.438. The fourth-order valence-electron chi connectivity index (χ4n) is 2.74. The molecule has 1 fully saturated rings. The van der Waals surface area contributed by atoms with E-state index in [2.05, 4.69) is 27.0 Å². The molecule has 0 saturated carbocycles. The summed E-state index contributed by atoms with van der Waals surface area (Å²) in [6, 6.07) is 0.438. The monoisotopic (exact) mass is 206 g/mol. The average Bonchev–Trinajstić information content (AvgIpc) is 2.77. The van der Waals surface area contributed by atoms with Crippen molar-refractivity contribution in [3.05, 3.63) is 11.6 Å². The van der Waals surface area contributed by atoms with Gasteiger partial charge in [-0.2, -0.15) is 0 Å². The predicted molar refractivity (Wildman–Crippen MR) is 57.5 cm³/mol. The lowest BCUT2D eigenvalue weighted by atomic mass is 9.94. The summed E-state index contributed by atoms with van der Waals surface area (Å²) in [4.78, 5) is 0. The van der Waals surface area contributed by atoms with E-state index in [4.69, 9.17) is 0 Å². The maximum absolute atomic E-state index is 4.35. The summed E-state index contributed by atoms with van der Waals surface area (Å²) >= 11 is 0. The van der Waals surface area contributed by atoms with E-state index >= 15 is 0 Å². The summed E-state index contributed by atoms with van der Waals surface area (Å²) in [7, 11) is 0. The molecule has 3 rings (SSSR count). The molecule has 2 unspecified atom stereocenters. The van der Waals surface area contributed by atoms with Crippen LogP contribution in [0.2, 0.25) is 0 Å². The van der Waals surface area contributed by atoms with E-state index < -0.39 is 0 Å². The molecule has 1 aromatic rings. The van der Waals surface area contributed by atoms with Crippen molar-refractivity contribution in [1.29, 1.82) is 0 Å². The third-order valence-corrected chi connectivity index (χ3v) is 3.62. The van der Waals surface area contributed by atoms with Gasteiger partial charge in [-0.15, -0.1) is 10.2 Å². The van der Waals surface area contributed by atoms with Gasteiger partial charge >= 0.3 is 0 Å². The fourth-order valence-corrected chi connectivity index (χ4v) is 2.74. The lowest BCUT2D eigenvalue weighted by Crippen LogP contribution is -2.32. The summed E-state index contributed by atoms with van der Waals surface area (Å²) in [6.45, 7) is 4.56. The average molecular weight is 206 g/mol. The maximum Gasteiger partial charge on any atom is 0.150 e. The lowest BCUT2D eigenvalue weighted by molar-refractivity contribution is 0.309. The molecule has 1 saturated heterocycles. The number of hydrogen-bond acceptors (Lipinski definition) is 3. The maximum atomic E-state index is 4.35. The van der Waals surface area contributed by atoms with Gasteiger partial charge in [0.25, 0.3) is 0 Å². The van der Waals surface area contributed by atoms with Gasteiger partial charge in [-0.25, -0.2) is 0 Å². The summed E-state index contributed by atoms with van der Waals surface area (Å²) in [5.41, 5.74) is 0. The highest BCUT2D eigenvalue weighted by Gasteiger charge is 2.27. The van der Waals surface area contributed by atoms with E-state index in [1.54, 1.807) is 0 Å². The summed E-state index contributed by atoms with van der Waals surface area (Å²) in [5, 5.41) is 12.2. The van der Waals surface area contributed by atoms with Gasteiger partial charge in [0.05, 0.1) is 6.04 Å². The van der Waals surface area contributed by atoms with Crippen LogP contribution in [0, 0.1) is 5.92 Å². The molecule has 0 aliphatic carbocycles. The van der Waals surface area contributed by atoms with Crippen LogP contribution in [0.5, 0.6) is 0 Å². The Hall–Kier alpha value is -0.900. The van der Waals surface area contributed by atoms with Crippen molar-refractivity contribution >= 4 is 0 Å². The van der Waals surface area contributed by atoms with Gasteiger partial charge in [-0.3, -0.25) is 0 Å². The van der Waals surface area contributed by atoms with E-state index in [1.165, 1.54) is 30.9 Å². The molecule has 0 amide bonds. The molecule has 4 heteroatoms. The van der Waals surface area contributed by atoms with Gasteiger partial charge in [0.15, 0.2) is 0 Å². The van der Waals surface area contributed by atoms with E-state index in [0.29, 0.717) is 6.04 Å². The molecule has 15 heavy (non-hydrogen) atoms. The van der Waals surface area contributed by atoms with Gasteiger partial charge < -0.3 is 9.88 Å². The summed E-state index contributed by atoms with van der Waals surface area (Å²) < 4.78 is 2.32. The molecule has 1 N–H and O–H groups in total. The molecule has 0 spiro atoms. The Morgan fingerprint density at radius 2 is 2.33 bits per heavy atom. The van der Waals surface area contributed by atoms with Crippen molar-refractivity contribution in [3.63, 3.8) is 0 Å². The highest BCUT2D eigenvalue weighted by atomic mass is 15.3. The van der Waals surface area contributed by atoms with Crippen LogP contribution < -0.4 is 5.32 Å². The van der Waals surface area contributed by atoms with Gasteiger partial charge in [-0.05, 0) is 31.7 Å². The van der Waals surface area contributed by atoms with Crippen molar-refractivity contribution in [2.24, 2.45) is 5.92 Å². The molecule has 1 aromatic heterocycles. The Morgan fingerprint density at radius 1 is 1.40 bits per heavy atom. The highest BCUT2D eigenvalue weighted by molar-refractivity contribution is 5.05. The largest absolute Gasteiger partial charge is 0.314 e. The highest BCUT2D eigenvalue weighted by Crippen LogP contribution is 2.27. The molecule has 2 atom stereocenters. The summed E-state index contributed by atoms with van der Waals surface area (Å²) in [6.07, 6.45) is 4.84. The Balaban J connectivity index is 1.85. The zero-order valence-electron chi connectivity index (χ0n) is 9.24. The third kappa shape index (κ3) is 1.57. The second-order valence-corrected chi connectivity index (χ2v) is 4.87. The first-order valence-electron chi connectivity index (χ1n) is 6.00. The van der Waals surface area contributed by atoms with Crippen molar-refractivity contribution in [2.45, 2.75) is 45.2 Å². The Morgan fingerprint density at radius 3 is 3.20 bits per heavy atom. The quantitative estimate of drug-likeness (QED) is 0.752. The normalized spacial score (nSPS) is 30.5. The molecule has 0 aromatic carbocycles. The lowest BCUT2D eigenvalue weighted by Gasteiger charge is -2.27. The predicted octanol–water partition coefficient (Wildman–Crippen LogP) is 1.28. The van der Waals surface area contributed by atoms with Crippen molar-refractivity contribution in [3.8, 4) is 0 Å². The molecule has 2 aliphatic rings. The first kappa shape index (κ1) is 9.33. The van der Waals surface area contributed by atoms with Crippen LogP contribution in [0.3, 0.4) is 0 Å². The minimum Gasteiger partial charge on any atom is -0.314 e.